The molecule has 15 rings (SSSR count). The van der Waals surface area contributed by atoms with Gasteiger partial charge < -0.3 is 106 Å². The van der Waals surface area contributed by atoms with Gasteiger partial charge in [-0.05, 0) is 174 Å². The van der Waals surface area contributed by atoms with Crippen LogP contribution in [0.2, 0.25) is 0 Å². The van der Waals surface area contributed by atoms with Gasteiger partial charge in [0.15, 0.2) is 87.0 Å². The summed E-state index contributed by atoms with van der Waals surface area (Å²) in [5.74, 6) is 4.14. The van der Waals surface area contributed by atoms with E-state index in [0.717, 1.165) is 56.5 Å². The quantitative estimate of drug-likeness (QED) is 0.0114. The van der Waals surface area contributed by atoms with E-state index in [4.69, 9.17) is 56.2 Å². The number of hydrogen-bond donors (Lipinski definition) is 14. The molecule has 5 saturated heterocycles. The van der Waals surface area contributed by atoms with Gasteiger partial charge in [0.05, 0.1) is 56.4 Å². The predicted octanol–water partition coefficient (Wildman–Crippen LogP) is 8.23. The third-order valence-corrected chi connectivity index (χ3v) is 32.8. The van der Waals surface area contributed by atoms with Gasteiger partial charge in [0.1, 0.15) is 95.3 Å². The fourth-order valence-electron chi connectivity index (χ4n) is 19.1. The molecule has 0 amide bonds. The highest BCUT2D eigenvalue weighted by atomic mass is 35.5. The number of aromatic amines is 3. The number of H-pyrrole nitrogens is 3. The number of nitrogen functional groups attached to an aromatic ring is 2. The van der Waals surface area contributed by atoms with Crippen LogP contribution in [0.15, 0.2) is 27.0 Å². The van der Waals surface area contributed by atoms with E-state index in [2.05, 4.69) is 187 Å². The van der Waals surface area contributed by atoms with Gasteiger partial charge in [-0.3, -0.25) is 37.2 Å². The number of halogens is 1. The molecule has 0 aliphatic carbocycles. The Kier molecular flexibility index (Phi) is 39.0. The molecule has 5 aliphatic heterocycles. The molecule has 0 saturated carbocycles. The van der Waals surface area contributed by atoms with Crippen LogP contribution < -0.4 is 37.6 Å². The largest absolute Gasteiger partial charge is 0.476 e. The minimum Gasteiger partial charge on any atom is -0.476 e. The number of unbranched alkanes of at least 4 members (excludes halogenated alkanes) is 1. The molecule has 0 bridgehead atoms. The van der Waals surface area contributed by atoms with E-state index in [-0.39, 0.29) is 95.7 Å². The van der Waals surface area contributed by atoms with Crippen LogP contribution in [0, 0.1) is 57.3 Å². The third kappa shape index (κ3) is 26.9. The Hall–Kier alpha value is -7.42. The molecule has 5 fully saturated rings. The van der Waals surface area contributed by atoms with Crippen molar-refractivity contribution in [2.75, 3.05) is 122 Å². The van der Waals surface area contributed by atoms with E-state index in [1.165, 1.54) is 6.33 Å². The van der Waals surface area contributed by atoms with Crippen LogP contribution in [0.25, 0.3) is 55.8 Å². The molecule has 0 spiro atoms. The zero-order chi connectivity index (χ0) is 102. The topological polar surface area (TPSA) is 577 Å². The Morgan fingerprint density at radius 3 is 1.05 bits per heavy atom. The first-order valence-electron chi connectivity index (χ1n) is 46.9. The summed E-state index contributed by atoms with van der Waals surface area (Å²) in [6.07, 6.45) is 17.4. The summed E-state index contributed by atoms with van der Waals surface area (Å²) < 4.78 is 50.3. The highest BCUT2D eigenvalue weighted by Gasteiger charge is 2.53. The van der Waals surface area contributed by atoms with Gasteiger partial charge in [-0.2, -0.15) is 19.9 Å². The Labute approximate surface area is 824 Å². The highest BCUT2D eigenvalue weighted by molar-refractivity contribution is 7.73. The van der Waals surface area contributed by atoms with Crippen LogP contribution in [-0.2, 0) is 36.5 Å². The normalized spacial score (nSPS) is 26.6. The molecule has 25 atom stereocenters. The average Bonchev–Trinajstić information content (AvgIpc) is 1.62. The summed E-state index contributed by atoms with van der Waals surface area (Å²) >= 11 is 6.56. The number of aryl methyl sites for hydroxylation is 6. The number of rotatable bonds is 30. The monoisotopic (exact) mass is 2080 g/mol. The highest BCUT2D eigenvalue weighted by Crippen LogP contribution is 2.50. The van der Waals surface area contributed by atoms with Crippen LogP contribution >= 0.6 is 46.0 Å². The number of ether oxygens (including phenoxy) is 7. The first kappa shape index (κ1) is 116. The molecule has 15 heterocycles. The van der Waals surface area contributed by atoms with Crippen molar-refractivity contribution < 1.29 is 79.1 Å². The van der Waals surface area contributed by atoms with Crippen molar-refractivity contribution in [2.45, 2.75) is 265 Å². The summed E-state index contributed by atoms with van der Waals surface area (Å²) in [5, 5.41) is 95.4. The summed E-state index contributed by atoms with van der Waals surface area (Å²) in [7, 11) is 0. The lowest BCUT2D eigenvalue weighted by Gasteiger charge is -2.26. The van der Waals surface area contributed by atoms with Gasteiger partial charge in [-0.1, -0.05) is 83.6 Å². The number of hydrogen-bond acceptors (Lipinski definition) is 33. The Balaban J connectivity index is 0.000000195. The predicted molar refractivity (Wildman–Crippen MR) is 569 cm³/mol. The number of anilines is 2. The fraction of sp³-hybridized carbons (Fsp3) is 0.677. The number of aromatic nitrogens is 20. The van der Waals surface area contributed by atoms with Gasteiger partial charge >= 0.3 is 0 Å². The first-order chi connectivity index (χ1) is 64.3. The molecular weight excluding hydrogens is 1920 g/mol. The molecule has 41 nitrogen and oxygen atoms in total. The second-order valence-corrected chi connectivity index (χ2v) is 62.9. The van der Waals surface area contributed by atoms with Crippen molar-refractivity contribution in [2.24, 2.45) is 29.6 Å². The van der Waals surface area contributed by atoms with Gasteiger partial charge in [0.25, 0.3) is 16.7 Å². The third-order valence-electron chi connectivity index (χ3n) is 24.5. The first-order valence-corrected chi connectivity index (χ1v) is 62.6. The van der Waals surface area contributed by atoms with E-state index >= 15 is 0 Å². The minimum absolute atomic E-state index is 0. The lowest BCUT2D eigenvalue weighted by molar-refractivity contribution is -0.0499. The molecule has 140 heavy (non-hydrogen) atoms. The van der Waals surface area contributed by atoms with Gasteiger partial charge in [0.2, 0.25) is 23.7 Å². The molecular formula is C93H156ClN22O19P5. The SMILES string of the molecule is C.C.C=P(C)(C)CC(C)[C@H]1O[C@@H](n2c(C)nc3c(=O)[nH]c(C)nc32)[C@H](O)[C@@H]1O.C=P(C)(C)CC(C)[C@H]1O[C@@H](n2c(CC)nc3c(=O)[nH]c(C)nc32)[C@H](O)[C@@H]1O.C=P(C)(C)CC(C)[C@H]1O[C@@H](n2c(CCC)nc3c(=O)[nH]c(C)nc32)[C@H](O)[C@@H]1O.C=P(C)(C)CC(C)[C@H]1O[C@@H](n2cnc3c(OCCC)nc(N)nc32)[C@H](Cl)[C@@H]1O.C=P(C)(C)CC(C)[C@H]1O[C@@H](n2cnc3c(OCCCC)nc(N)nc32)[C@H](O)[C@@H]1O. The van der Waals surface area contributed by atoms with Gasteiger partial charge in [-0.15, -0.1) is 77.5 Å². The molecule has 784 valence electrons. The lowest BCUT2D eigenvalue weighted by Crippen LogP contribution is -2.36. The lowest BCUT2D eigenvalue weighted by atomic mass is 10.0. The summed E-state index contributed by atoms with van der Waals surface area (Å²) in [6.45, 7) is 40.8. The minimum atomic E-state index is -1.32. The average molecular weight is 2080 g/mol. The van der Waals surface area contributed by atoms with Gasteiger partial charge in [0, 0.05) is 12.8 Å². The van der Waals surface area contributed by atoms with E-state index in [1.807, 2.05) is 48.5 Å². The van der Waals surface area contributed by atoms with E-state index in [1.54, 1.807) is 56.9 Å². The molecule has 5 aliphatic rings. The smallest absolute Gasteiger partial charge is 0.279 e. The number of aliphatic hydroxyl groups excluding tert-OH is 9. The van der Waals surface area contributed by atoms with Crippen LogP contribution in [-0.4, -0.2) is 377 Å². The standard InChI is InChI=1S/C19H32N5O4P.C19H31N4O4P.C18H29ClN5O3P.C18H29N4O4P.C17H27N4O4P.2CH4/c1-6-7-8-27-17-12-16(22-19(20)23-17)24(10-21-12)18-14(26)13(25)15(28-18)11(2)9-29(3,4)5;1-7-8-12-22-13-17(20-11(3)21-18(13)26)23(12)19-15(25)14(24)16(27-19)10(2)9-28(4,5)6;1-6-7-26-16-12-15(22-18(20)23-16)24(9-21-12)17-11(19)13(25)14(27-17)10(2)8-28(3,4)5;1-7-11-21-12-16(19-10(3)20-17(12)25)22(11)18-14(24)13(23)15(26-18)9(2)8-27(4,5)6;1-8(7-26(4,5)6)14-12(22)13(23)17(25-14)21-10(3)20-11-15(21)18-9(2)19-16(11)24;;/h10-11,13-15,18,25-26H,3,6-9H2,1-2,4-5H3,(H2,20,22,23);10,14-16,19,24-25H,4,7-9H2,1-3,5-6H3,(H,20,21,26);9-11,13-14,17,25H,3,6-8H2,1-2,4-5H3,(H2,20,22,23);9,13-15,18,23-24H,4,7-8H2,1-3,5-6H3,(H,19,20,25);8,12-14,17,22-23H,4,7H2,1-3,5-6H3,(H,18,19,24);2*1H4/t11?,13-,14+,15+,18+;10?,14-,15+,16+,19+;10?,11-,13+,14-,17-;9?,13-,14+,15+,18+;8?,12-,13+,14+,17+;;/m00100../s1. The summed E-state index contributed by atoms with van der Waals surface area (Å²) in [5.41, 5.74) is 14.3. The number of nitrogens with zero attached hydrogens (tertiary/aromatic N) is 17. The van der Waals surface area contributed by atoms with Crippen molar-refractivity contribution >= 4 is 145 Å². The molecule has 47 heteroatoms. The zero-order valence-corrected chi connectivity index (χ0v) is 89.0. The molecule has 5 unspecified atom stereocenters. The molecule has 0 aromatic carbocycles. The van der Waals surface area contributed by atoms with Crippen molar-refractivity contribution in [3.8, 4) is 11.8 Å². The number of nitrogens with one attached hydrogen (secondary N) is 3. The number of alkyl halides is 1. The Bertz CT molecular complexity index is 6370. The molecule has 0 radical (unpaired) electrons. The number of aliphatic hydroxyl groups is 9. The second-order valence-electron chi connectivity index (χ2n) is 41.2. The Morgan fingerprint density at radius 1 is 0.393 bits per heavy atom. The van der Waals surface area contributed by atoms with Crippen LogP contribution in [0.1, 0.15) is 169 Å². The molecule has 16 N–H and O–H groups in total. The Morgan fingerprint density at radius 2 is 0.700 bits per heavy atom. The van der Waals surface area contributed by atoms with Crippen molar-refractivity contribution in [3.05, 3.63) is 78.7 Å². The zero-order valence-electron chi connectivity index (χ0n) is 83.8. The summed E-state index contributed by atoms with van der Waals surface area (Å²) in [4.78, 5) is 96.5. The summed E-state index contributed by atoms with van der Waals surface area (Å²) in [6, 6.07) is 0. The number of fused-ring (bicyclic) bond motifs is 5. The maximum atomic E-state index is 12.3. The second kappa shape index (κ2) is 47.0. The van der Waals surface area contributed by atoms with Crippen LogP contribution in [0.5, 0.6) is 11.8 Å². The maximum absolute atomic E-state index is 12.3. The van der Waals surface area contributed by atoms with E-state index < -0.39 is 150 Å². The van der Waals surface area contributed by atoms with Crippen LogP contribution in [0.3, 0.4) is 0 Å². The van der Waals surface area contributed by atoms with Gasteiger partial charge in [-0.25, -0.2) is 39.9 Å². The van der Waals surface area contributed by atoms with Crippen LogP contribution in [0.4, 0.5) is 11.9 Å². The van der Waals surface area contributed by atoms with E-state index in [0.29, 0.717) is 112 Å². The molecule has 10 aromatic rings. The number of imidazole rings is 5. The number of nitrogens with two attached hydrogens (primary N) is 2. The maximum Gasteiger partial charge on any atom is 0.279 e. The van der Waals surface area contributed by atoms with Crippen molar-refractivity contribution in [1.82, 2.24) is 97.6 Å². The van der Waals surface area contributed by atoms with E-state index in [9.17, 15) is 60.3 Å². The molecule has 10 aromatic heterocycles. The van der Waals surface area contributed by atoms with Crippen molar-refractivity contribution in [3.63, 3.8) is 0 Å². The fourth-order valence-corrected chi connectivity index (χ4v) is 28.3. The van der Waals surface area contributed by atoms with Crippen molar-refractivity contribution in [1.29, 1.82) is 0 Å².